The average Bonchev–Trinajstić information content (AvgIpc) is 3.60. The summed E-state index contributed by atoms with van der Waals surface area (Å²) in [4.78, 5) is 15.9. The number of hydrogen-bond acceptors (Lipinski definition) is 3. The van der Waals surface area contributed by atoms with Crippen molar-refractivity contribution < 1.29 is 9.53 Å². The van der Waals surface area contributed by atoms with Crippen LogP contribution < -0.4 is 9.64 Å². The Morgan fingerprint density at radius 2 is 1.08 bits per heavy atom. The van der Waals surface area contributed by atoms with Gasteiger partial charge in [-0.15, -0.1) is 0 Å². The minimum absolute atomic E-state index is 0.402. The maximum absolute atomic E-state index is 13.7. The van der Waals surface area contributed by atoms with Crippen LogP contribution in [0.25, 0.3) is 33.0 Å². The minimum Gasteiger partial charge on any atom is -0.423 e. The molecule has 0 atom stereocenters. The van der Waals surface area contributed by atoms with E-state index in [0.29, 0.717) is 17.2 Å². The van der Waals surface area contributed by atoms with Crippen LogP contribution in [0.3, 0.4) is 0 Å². The number of benzene rings is 9. The third-order valence-corrected chi connectivity index (χ3v) is 12.4. The first kappa shape index (κ1) is 37.8. The Labute approximate surface area is 358 Å². The van der Waals surface area contributed by atoms with Crippen LogP contribution in [0.5, 0.6) is 5.75 Å². The van der Waals surface area contributed by atoms with Gasteiger partial charge in [-0.2, -0.15) is 0 Å². The van der Waals surface area contributed by atoms with Crippen LogP contribution in [-0.4, -0.2) is 5.97 Å². The molecule has 0 radical (unpaired) electrons. The molecule has 3 heteroatoms. The zero-order valence-corrected chi connectivity index (χ0v) is 34.5. The van der Waals surface area contributed by atoms with Gasteiger partial charge in [0.2, 0.25) is 0 Å². The van der Waals surface area contributed by atoms with Gasteiger partial charge in [0.25, 0.3) is 0 Å². The molecule has 294 valence electrons. The molecular formula is C58H45NO2. The lowest BCUT2D eigenvalue weighted by molar-refractivity contribution is 0.0735. The van der Waals surface area contributed by atoms with Gasteiger partial charge in [-0.3, -0.25) is 0 Å². The molecule has 1 aliphatic carbocycles. The Kier molecular flexibility index (Phi) is 9.66. The molecular weight excluding hydrogens is 743 g/mol. The van der Waals surface area contributed by atoms with Crippen molar-refractivity contribution in [2.75, 3.05) is 4.90 Å². The zero-order chi connectivity index (χ0) is 41.5. The van der Waals surface area contributed by atoms with E-state index in [9.17, 15) is 4.79 Å². The molecule has 0 bridgehead atoms. The molecule has 0 amide bonds. The second-order valence-electron chi connectivity index (χ2n) is 16.3. The number of nitrogens with zero attached hydrogens (tertiary/aromatic N) is 1. The number of carbonyl (C=O) groups is 1. The molecule has 0 unspecified atom stereocenters. The molecule has 10 rings (SSSR count). The molecule has 9 aromatic rings. The van der Waals surface area contributed by atoms with E-state index in [1.54, 1.807) is 0 Å². The molecule has 1 aliphatic rings. The lowest BCUT2D eigenvalue weighted by atomic mass is 9.67. The maximum atomic E-state index is 13.7. The largest absolute Gasteiger partial charge is 0.423 e. The van der Waals surface area contributed by atoms with Crippen LogP contribution in [0, 0.1) is 6.92 Å². The number of aryl methyl sites for hydroxylation is 1. The fourth-order valence-corrected chi connectivity index (χ4v) is 9.26. The summed E-state index contributed by atoms with van der Waals surface area (Å²) in [5.74, 6) is 0.545. The Morgan fingerprint density at radius 3 is 1.79 bits per heavy atom. The molecule has 0 saturated carbocycles. The number of hydrogen-bond donors (Lipinski definition) is 0. The average molecular weight is 788 g/mol. The highest BCUT2D eigenvalue weighted by molar-refractivity contribution is 5.94. The topological polar surface area (TPSA) is 29.5 Å². The van der Waals surface area contributed by atoms with Crippen molar-refractivity contribution >= 4 is 33.8 Å². The predicted molar refractivity (Wildman–Crippen MR) is 252 cm³/mol. The number of carbonyl (C=O) groups excluding carboxylic acids is 1. The van der Waals surface area contributed by atoms with Crippen LogP contribution >= 0.6 is 0 Å². The lowest BCUT2D eigenvalue weighted by Gasteiger charge is -2.35. The number of rotatable bonds is 9. The van der Waals surface area contributed by atoms with E-state index in [1.165, 1.54) is 55.5 Å². The molecule has 0 saturated heterocycles. The number of fused-ring (bicyclic) bond motifs is 4. The Morgan fingerprint density at radius 1 is 0.492 bits per heavy atom. The second kappa shape index (κ2) is 15.6. The van der Waals surface area contributed by atoms with Crippen LogP contribution in [0.15, 0.2) is 212 Å². The standard InChI is InChI=1S/C58H45NO2/c1-39(2)44-23-22-40(3)54(37-44)42-27-33-51(34-28-42)61-57(60)43-25-29-48(30-26-43)59(49-31-24-41-14-10-11-15-45(41)36-49)50-32-35-53-52-20-12-13-21-55(52)58(56(53)38-50,46-16-6-4-7-17-46)47-18-8-5-9-19-47/h4-39H,1-3H3. The SMILES string of the molecule is Cc1ccc(C(C)C)cc1-c1ccc(OC(=O)c2ccc(N(c3ccc4c(c3)C(c3ccccc3)(c3ccccc3)c3ccccc3-4)c3ccc4ccccc4c3)cc2)cc1. The van der Waals surface area contributed by atoms with Gasteiger partial charge in [-0.05, 0) is 140 Å². The van der Waals surface area contributed by atoms with E-state index < -0.39 is 11.4 Å². The van der Waals surface area contributed by atoms with Gasteiger partial charge in [-0.1, -0.05) is 166 Å². The van der Waals surface area contributed by atoms with Crippen molar-refractivity contribution in [3.63, 3.8) is 0 Å². The quantitative estimate of drug-likeness (QED) is 0.108. The van der Waals surface area contributed by atoms with Gasteiger partial charge in [0, 0.05) is 17.1 Å². The van der Waals surface area contributed by atoms with E-state index in [-0.39, 0.29) is 0 Å². The van der Waals surface area contributed by atoms with E-state index in [2.05, 4.69) is 189 Å². The van der Waals surface area contributed by atoms with Crippen molar-refractivity contribution in [1.29, 1.82) is 0 Å². The molecule has 0 spiro atoms. The summed E-state index contributed by atoms with van der Waals surface area (Å²) in [6.07, 6.45) is 0. The van der Waals surface area contributed by atoms with E-state index in [0.717, 1.165) is 28.0 Å². The maximum Gasteiger partial charge on any atom is 0.343 e. The Balaban J connectivity index is 1.04. The third-order valence-electron chi connectivity index (χ3n) is 12.4. The molecule has 3 nitrogen and oxygen atoms in total. The number of esters is 1. The Bertz CT molecular complexity index is 3000. The van der Waals surface area contributed by atoms with Crippen LogP contribution in [0.1, 0.15) is 63.5 Å². The minimum atomic E-state index is -0.539. The smallest absolute Gasteiger partial charge is 0.343 e. The highest BCUT2D eigenvalue weighted by atomic mass is 16.5. The van der Waals surface area contributed by atoms with Crippen molar-refractivity contribution in [2.45, 2.75) is 32.1 Å². The van der Waals surface area contributed by atoms with Gasteiger partial charge < -0.3 is 9.64 Å². The third kappa shape index (κ3) is 6.69. The molecule has 0 aliphatic heterocycles. The Hall–Kier alpha value is -7.49. The van der Waals surface area contributed by atoms with Crippen molar-refractivity contribution in [3.8, 4) is 28.0 Å². The second-order valence-corrected chi connectivity index (χ2v) is 16.3. The molecule has 0 aromatic heterocycles. The van der Waals surface area contributed by atoms with E-state index in [1.807, 2.05) is 48.5 Å². The summed E-state index contributed by atoms with van der Waals surface area (Å²) in [5.41, 5.74) is 15.1. The van der Waals surface area contributed by atoms with Crippen LogP contribution in [-0.2, 0) is 5.41 Å². The fourth-order valence-electron chi connectivity index (χ4n) is 9.26. The highest BCUT2D eigenvalue weighted by Crippen LogP contribution is 2.57. The first-order valence-electron chi connectivity index (χ1n) is 21.1. The summed E-state index contributed by atoms with van der Waals surface area (Å²) in [7, 11) is 0. The highest BCUT2D eigenvalue weighted by Gasteiger charge is 2.46. The molecule has 0 heterocycles. The van der Waals surface area contributed by atoms with E-state index >= 15 is 0 Å². The van der Waals surface area contributed by atoms with Gasteiger partial charge in [0.1, 0.15) is 5.75 Å². The van der Waals surface area contributed by atoms with Crippen LogP contribution in [0.4, 0.5) is 17.1 Å². The summed E-state index contributed by atoms with van der Waals surface area (Å²) < 4.78 is 5.94. The van der Waals surface area contributed by atoms with Crippen LogP contribution in [0.2, 0.25) is 0 Å². The van der Waals surface area contributed by atoms with Crippen molar-refractivity contribution in [2.24, 2.45) is 0 Å². The molecule has 0 N–H and O–H groups in total. The van der Waals surface area contributed by atoms with Gasteiger partial charge in [-0.25, -0.2) is 4.79 Å². The first-order valence-corrected chi connectivity index (χ1v) is 21.1. The summed E-state index contributed by atoms with van der Waals surface area (Å²) >= 11 is 0. The summed E-state index contributed by atoms with van der Waals surface area (Å²) in [6.45, 7) is 6.54. The monoisotopic (exact) mass is 787 g/mol. The first-order chi connectivity index (χ1) is 29.9. The van der Waals surface area contributed by atoms with E-state index in [4.69, 9.17) is 4.74 Å². The zero-order valence-electron chi connectivity index (χ0n) is 34.5. The number of anilines is 3. The predicted octanol–water partition coefficient (Wildman–Crippen LogP) is 15.0. The van der Waals surface area contributed by atoms with Gasteiger partial charge >= 0.3 is 5.97 Å². The number of ether oxygens (including phenoxy) is 1. The fraction of sp³-hybridized carbons (Fsp3) is 0.0862. The summed E-state index contributed by atoms with van der Waals surface area (Å²) in [6, 6.07) is 74.7. The van der Waals surface area contributed by atoms with Crippen molar-refractivity contribution in [1.82, 2.24) is 0 Å². The van der Waals surface area contributed by atoms with Gasteiger partial charge in [0.05, 0.1) is 11.0 Å². The summed E-state index contributed by atoms with van der Waals surface area (Å²) in [5, 5.41) is 2.32. The molecule has 9 aromatic carbocycles. The normalized spacial score (nSPS) is 12.5. The van der Waals surface area contributed by atoms with Gasteiger partial charge in [0.15, 0.2) is 0 Å². The molecule has 0 fully saturated rings. The lowest BCUT2D eigenvalue weighted by Crippen LogP contribution is -2.28. The van der Waals surface area contributed by atoms with Crippen molar-refractivity contribution in [3.05, 3.63) is 251 Å². The molecule has 61 heavy (non-hydrogen) atoms.